The number of piperidine rings is 1. The maximum absolute atomic E-state index is 12.5. The molecule has 1 aliphatic carbocycles. The molecule has 4 nitrogen and oxygen atoms in total. The van der Waals surface area contributed by atoms with Crippen molar-refractivity contribution in [2.24, 2.45) is 5.92 Å². The summed E-state index contributed by atoms with van der Waals surface area (Å²) in [4.78, 5) is 14.8. The van der Waals surface area contributed by atoms with Crippen LogP contribution in [0.1, 0.15) is 32.1 Å². The van der Waals surface area contributed by atoms with Gasteiger partial charge in [-0.25, -0.2) is 0 Å². The Morgan fingerprint density at radius 1 is 1.12 bits per heavy atom. The van der Waals surface area contributed by atoms with Gasteiger partial charge in [0.2, 0.25) is 5.91 Å². The summed E-state index contributed by atoms with van der Waals surface area (Å²) in [6, 6.07) is 0. The molecule has 0 bridgehead atoms. The van der Waals surface area contributed by atoms with E-state index in [1.165, 1.54) is 6.42 Å². The third-order valence-corrected chi connectivity index (χ3v) is 4.79. The first kappa shape index (κ1) is 11.5. The van der Waals surface area contributed by atoms with Gasteiger partial charge in [0, 0.05) is 25.6 Å². The summed E-state index contributed by atoms with van der Waals surface area (Å²) in [5.41, 5.74) is 0.121. The van der Waals surface area contributed by atoms with Crippen LogP contribution in [0, 0.1) is 5.92 Å². The lowest BCUT2D eigenvalue weighted by molar-refractivity contribution is -0.147. The molecular formula is C13H23N3O. The lowest BCUT2D eigenvalue weighted by atomic mass is 9.79. The SMILES string of the molecule is O=C(C1CCC1)N1CCNCC12CCNCC2. The summed E-state index contributed by atoms with van der Waals surface area (Å²) >= 11 is 0. The van der Waals surface area contributed by atoms with Crippen LogP contribution in [0.4, 0.5) is 0 Å². The van der Waals surface area contributed by atoms with E-state index in [-0.39, 0.29) is 5.54 Å². The number of rotatable bonds is 1. The molecule has 96 valence electrons. The van der Waals surface area contributed by atoms with Crippen molar-refractivity contribution in [3.63, 3.8) is 0 Å². The molecule has 0 aromatic rings. The van der Waals surface area contributed by atoms with Crippen LogP contribution in [0.2, 0.25) is 0 Å². The highest BCUT2D eigenvalue weighted by Gasteiger charge is 2.44. The summed E-state index contributed by atoms with van der Waals surface area (Å²) in [6.07, 6.45) is 5.71. The Kier molecular flexibility index (Phi) is 3.09. The third kappa shape index (κ3) is 1.97. The largest absolute Gasteiger partial charge is 0.334 e. The first-order valence-electron chi connectivity index (χ1n) is 7.05. The van der Waals surface area contributed by atoms with Crippen LogP contribution in [0.15, 0.2) is 0 Å². The van der Waals surface area contributed by atoms with Gasteiger partial charge in [0.05, 0.1) is 5.54 Å². The van der Waals surface area contributed by atoms with Crippen molar-refractivity contribution in [2.45, 2.75) is 37.6 Å². The number of amides is 1. The molecule has 2 N–H and O–H groups in total. The number of carbonyl (C=O) groups is 1. The number of carbonyl (C=O) groups excluding carboxylic acids is 1. The molecule has 4 heteroatoms. The van der Waals surface area contributed by atoms with Crippen LogP contribution in [0.5, 0.6) is 0 Å². The van der Waals surface area contributed by atoms with E-state index >= 15 is 0 Å². The zero-order valence-corrected chi connectivity index (χ0v) is 10.5. The smallest absolute Gasteiger partial charge is 0.226 e. The Hall–Kier alpha value is -0.610. The summed E-state index contributed by atoms with van der Waals surface area (Å²) in [7, 11) is 0. The minimum Gasteiger partial charge on any atom is -0.334 e. The molecule has 0 aromatic heterocycles. The Morgan fingerprint density at radius 3 is 2.53 bits per heavy atom. The molecule has 3 rings (SSSR count). The van der Waals surface area contributed by atoms with Crippen LogP contribution in [0.25, 0.3) is 0 Å². The number of nitrogens with zero attached hydrogens (tertiary/aromatic N) is 1. The molecule has 1 amide bonds. The summed E-state index contributed by atoms with van der Waals surface area (Å²) in [6.45, 7) is 4.97. The van der Waals surface area contributed by atoms with Crippen LogP contribution in [-0.2, 0) is 4.79 Å². The molecule has 3 aliphatic rings. The predicted molar refractivity (Wildman–Crippen MR) is 66.8 cm³/mol. The molecular weight excluding hydrogens is 214 g/mol. The highest BCUT2D eigenvalue weighted by atomic mass is 16.2. The van der Waals surface area contributed by atoms with E-state index < -0.39 is 0 Å². The van der Waals surface area contributed by atoms with Crippen molar-refractivity contribution in [3.8, 4) is 0 Å². The van der Waals surface area contributed by atoms with Crippen molar-refractivity contribution in [3.05, 3.63) is 0 Å². The Morgan fingerprint density at radius 2 is 1.88 bits per heavy atom. The zero-order valence-electron chi connectivity index (χ0n) is 10.5. The zero-order chi connectivity index (χ0) is 11.7. The summed E-state index contributed by atoms with van der Waals surface area (Å²) < 4.78 is 0. The summed E-state index contributed by atoms with van der Waals surface area (Å²) in [5, 5.41) is 6.89. The van der Waals surface area contributed by atoms with Gasteiger partial charge in [-0.2, -0.15) is 0 Å². The predicted octanol–water partition coefficient (Wildman–Crippen LogP) is 0.341. The fraction of sp³-hybridized carbons (Fsp3) is 0.923. The van der Waals surface area contributed by atoms with Crippen molar-refractivity contribution in [2.75, 3.05) is 32.7 Å². The Balaban J connectivity index is 1.76. The van der Waals surface area contributed by atoms with Gasteiger partial charge in [-0.3, -0.25) is 4.79 Å². The number of hydrogen-bond acceptors (Lipinski definition) is 3. The van der Waals surface area contributed by atoms with Crippen LogP contribution < -0.4 is 10.6 Å². The van der Waals surface area contributed by atoms with E-state index in [2.05, 4.69) is 15.5 Å². The quantitative estimate of drug-likeness (QED) is 0.691. The average molecular weight is 237 g/mol. The van der Waals surface area contributed by atoms with Gasteiger partial charge in [-0.05, 0) is 38.8 Å². The second kappa shape index (κ2) is 4.58. The molecule has 1 spiro atoms. The van der Waals surface area contributed by atoms with Crippen molar-refractivity contribution in [1.29, 1.82) is 0 Å². The standard InChI is InChI=1S/C13H23N3O/c17-12(11-2-1-3-11)16-9-8-15-10-13(16)4-6-14-7-5-13/h11,14-15H,1-10H2. The van der Waals surface area contributed by atoms with E-state index in [0.717, 1.165) is 58.4 Å². The molecule has 0 unspecified atom stereocenters. The molecule has 0 radical (unpaired) electrons. The van der Waals surface area contributed by atoms with Crippen LogP contribution >= 0.6 is 0 Å². The fourth-order valence-corrected chi connectivity index (χ4v) is 3.40. The van der Waals surface area contributed by atoms with E-state index in [0.29, 0.717) is 11.8 Å². The van der Waals surface area contributed by atoms with Gasteiger partial charge in [0.25, 0.3) is 0 Å². The fourth-order valence-electron chi connectivity index (χ4n) is 3.40. The first-order valence-corrected chi connectivity index (χ1v) is 7.05. The van der Waals surface area contributed by atoms with Gasteiger partial charge < -0.3 is 15.5 Å². The second-order valence-electron chi connectivity index (χ2n) is 5.77. The van der Waals surface area contributed by atoms with Gasteiger partial charge >= 0.3 is 0 Å². The van der Waals surface area contributed by atoms with Gasteiger partial charge in [0.1, 0.15) is 0 Å². The van der Waals surface area contributed by atoms with E-state index in [9.17, 15) is 4.79 Å². The first-order chi connectivity index (χ1) is 8.32. The highest BCUT2D eigenvalue weighted by Crippen LogP contribution is 2.34. The highest BCUT2D eigenvalue weighted by molar-refractivity contribution is 5.80. The normalized spacial score (nSPS) is 29.1. The number of hydrogen-bond donors (Lipinski definition) is 2. The molecule has 0 aromatic carbocycles. The summed E-state index contributed by atoms with van der Waals surface area (Å²) in [5.74, 6) is 0.791. The lowest BCUT2D eigenvalue weighted by Crippen LogP contribution is -2.67. The molecule has 2 saturated heterocycles. The molecule has 1 saturated carbocycles. The van der Waals surface area contributed by atoms with Crippen molar-refractivity contribution >= 4 is 5.91 Å². The number of nitrogens with one attached hydrogen (secondary N) is 2. The van der Waals surface area contributed by atoms with Crippen LogP contribution in [-0.4, -0.2) is 49.1 Å². The van der Waals surface area contributed by atoms with Gasteiger partial charge in [0.15, 0.2) is 0 Å². The number of piperazine rings is 1. The van der Waals surface area contributed by atoms with Crippen LogP contribution in [0.3, 0.4) is 0 Å². The molecule has 0 atom stereocenters. The monoisotopic (exact) mass is 237 g/mol. The lowest BCUT2D eigenvalue weighted by Gasteiger charge is -2.51. The second-order valence-corrected chi connectivity index (χ2v) is 5.77. The Bertz CT molecular complexity index is 287. The van der Waals surface area contributed by atoms with E-state index in [1.807, 2.05) is 0 Å². The minimum absolute atomic E-state index is 0.121. The Labute approximate surface area is 103 Å². The third-order valence-electron chi connectivity index (χ3n) is 4.79. The molecule has 17 heavy (non-hydrogen) atoms. The molecule has 3 fully saturated rings. The van der Waals surface area contributed by atoms with Gasteiger partial charge in [-0.1, -0.05) is 6.42 Å². The average Bonchev–Trinajstić information content (AvgIpc) is 2.28. The maximum Gasteiger partial charge on any atom is 0.226 e. The topological polar surface area (TPSA) is 44.4 Å². The minimum atomic E-state index is 0.121. The van der Waals surface area contributed by atoms with E-state index in [1.54, 1.807) is 0 Å². The maximum atomic E-state index is 12.5. The van der Waals surface area contributed by atoms with Crippen molar-refractivity contribution < 1.29 is 4.79 Å². The molecule has 2 heterocycles. The van der Waals surface area contributed by atoms with Gasteiger partial charge in [-0.15, -0.1) is 0 Å². The van der Waals surface area contributed by atoms with E-state index in [4.69, 9.17) is 0 Å². The van der Waals surface area contributed by atoms with Crippen molar-refractivity contribution in [1.82, 2.24) is 15.5 Å². The molecule has 2 aliphatic heterocycles.